The molecule has 3 aromatic rings. The first-order chi connectivity index (χ1) is 12.1. The molecule has 0 saturated carbocycles. The molecule has 0 unspecified atom stereocenters. The van der Waals surface area contributed by atoms with E-state index in [1.807, 2.05) is 42.5 Å². The number of ether oxygens (including phenoxy) is 1. The molecule has 1 heterocycles. The Labute approximate surface area is 155 Å². The minimum Gasteiger partial charge on any atom is -0.497 e. The van der Waals surface area contributed by atoms with Gasteiger partial charge < -0.3 is 15.4 Å². The van der Waals surface area contributed by atoms with Gasteiger partial charge in [0.2, 0.25) is 0 Å². The van der Waals surface area contributed by atoms with Gasteiger partial charge in [0.05, 0.1) is 7.11 Å². The fourth-order valence-corrected chi connectivity index (χ4v) is 2.84. The lowest BCUT2D eigenvalue weighted by atomic mass is 10.2. The first-order valence-electron chi connectivity index (χ1n) is 7.86. The highest BCUT2D eigenvalue weighted by atomic mass is 79.9. The van der Waals surface area contributed by atoms with Crippen LogP contribution >= 0.6 is 15.9 Å². The van der Waals surface area contributed by atoms with E-state index in [0.29, 0.717) is 6.54 Å². The Morgan fingerprint density at radius 2 is 1.76 bits per heavy atom. The first-order valence-corrected chi connectivity index (χ1v) is 8.65. The second-order valence-corrected chi connectivity index (χ2v) is 6.49. The molecule has 0 fully saturated rings. The quantitative estimate of drug-likeness (QED) is 0.617. The molecule has 2 N–H and O–H groups in total. The summed E-state index contributed by atoms with van der Waals surface area (Å²) in [6, 6.07) is 15.9. The summed E-state index contributed by atoms with van der Waals surface area (Å²) in [7, 11) is 1.66. The Bertz CT molecular complexity index is 852. The van der Waals surface area contributed by atoms with Crippen LogP contribution in [-0.2, 0) is 6.54 Å². The monoisotopic (exact) mass is 398 g/mol. The molecule has 0 atom stereocenters. The number of hydrogen-bond acceptors (Lipinski definition) is 5. The molecule has 0 amide bonds. The number of aromatic nitrogens is 2. The standard InChI is InChI=1S/C19H19BrN4O/c1-13-9-15(20)5-8-17(13)24-19-10-18(22-12-23-19)21-11-14-3-6-16(25-2)7-4-14/h3-10,12H,11H2,1-2H3,(H2,21,22,23,24). The number of nitrogens with one attached hydrogen (secondary N) is 2. The lowest BCUT2D eigenvalue weighted by Gasteiger charge is -2.11. The predicted octanol–water partition coefficient (Wildman–Crippen LogP) is 4.91. The Morgan fingerprint density at radius 3 is 2.48 bits per heavy atom. The van der Waals surface area contributed by atoms with Gasteiger partial charge >= 0.3 is 0 Å². The predicted molar refractivity (Wildman–Crippen MR) is 105 cm³/mol. The fourth-order valence-electron chi connectivity index (χ4n) is 2.36. The van der Waals surface area contributed by atoms with Gasteiger partial charge in [-0.3, -0.25) is 0 Å². The molecular formula is C19H19BrN4O. The molecule has 3 rings (SSSR count). The molecule has 2 aromatic carbocycles. The van der Waals surface area contributed by atoms with E-state index in [1.165, 1.54) is 0 Å². The highest BCUT2D eigenvalue weighted by Crippen LogP contribution is 2.23. The summed E-state index contributed by atoms with van der Waals surface area (Å²) in [5, 5.41) is 6.63. The average molecular weight is 399 g/mol. The molecule has 6 heteroatoms. The normalized spacial score (nSPS) is 10.4. The van der Waals surface area contributed by atoms with Crippen molar-refractivity contribution in [3.05, 3.63) is 70.5 Å². The zero-order valence-corrected chi connectivity index (χ0v) is 15.7. The van der Waals surface area contributed by atoms with Crippen LogP contribution in [0.3, 0.4) is 0 Å². The van der Waals surface area contributed by atoms with Gasteiger partial charge in [-0.1, -0.05) is 28.1 Å². The van der Waals surface area contributed by atoms with Gasteiger partial charge in [0.1, 0.15) is 23.7 Å². The molecule has 0 spiro atoms. The lowest BCUT2D eigenvalue weighted by Crippen LogP contribution is -2.03. The SMILES string of the molecule is COc1ccc(CNc2cc(Nc3ccc(Br)cc3C)ncn2)cc1. The maximum Gasteiger partial charge on any atom is 0.135 e. The van der Waals surface area contributed by atoms with Crippen molar-refractivity contribution in [2.75, 3.05) is 17.7 Å². The van der Waals surface area contributed by atoms with Gasteiger partial charge in [-0.05, 0) is 48.4 Å². The van der Waals surface area contributed by atoms with E-state index in [1.54, 1.807) is 13.4 Å². The number of aryl methyl sites for hydroxylation is 1. The fraction of sp³-hybridized carbons (Fsp3) is 0.158. The Balaban J connectivity index is 1.66. The largest absolute Gasteiger partial charge is 0.497 e. The maximum absolute atomic E-state index is 5.17. The molecular weight excluding hydrogens is 380 g/mol. The van der Waals surface area contributed by atoms with E-state index in [4.69, 9.17) is 4.74 Å². The third-order valence-corrected chi connectivity index (χ3v) is 4.24. The van der Waals surface area contributed by atoms with E-state index in [2.05, 4.69) is 49.5 Å². The first kappa shape index (κ1) is 17.2. The molecule has 0 aliphatic heterocycles. The zero-order chi connectivity index (χ0) is 17.6. The Kier molecular flexibility index (Phi) is 5.50. The zero-order valence-electron chi connectivity index (χ0n) is 14.1. The van der Waals surface area contributed by atoms with Crippen molar-refractivity contribution in [1.29, 1.82) is 0 Å². The second kappa shape index (κ2) is 7.98. The van der Waals surface area contributed by atoms with Crippen molar-refractivity contribution >= 4 is 33.3 Å². The van der Waals surface area contributed by atoms with Crippen LogP contribution in [0, 0.1) is 6.92 Å². The number of benzene rings is 2. The van der Waals surface area contributed by atoms with Crippen LogP contribution in [0.25, 0.3) is 0 Å². The van der Waals surface area contributed by atoms with Gasteiger partial charge in [0.15, 0.2) is 0 Å². The molecule has 25 heavy (non-hydrogen) atoms. The topological polar surface area (TPSA) is 59.1 Å². The summed E-state index contributed by atoms with van der Waals surface area (Å²) in [5.41, 5.74) is 3.31. The summed E-state index contributed by atoms with van der Waals surface area (Å²) >= 11 is 3.47. The number of halogens is 1. The second-order valence-electron chi connectivity index (χ2n) is 5.57. The van der Waals surface area contributed by atoms with Gasteiger partial charge in [-0.25, -0.2) is 9.97 Å². The third kappa shape index (κ3) is 4.70. The van der Waals surface area contributed by atoms with Crippen LogP contribution in [0.5, 0.6) is 5.75 Å². The number of methoxy groups -OCH3 is 1. The maximum atomic E-state index is 5.17. The van der Waals surface area contributed by atoms with Crippen molar-refractivity contribution in [3.8, 4) is 5.75 Å². The smallest absolute Gasteiger partial charge is 0.135 e. The van der Waals surface area contributed by atoms with E-state index < -0.39 is 0 Å². The number of anilines is 3. The van der Waals surface area contributed by atoms with E-state index in [0.717, 1.165) is 38.7 Å². The molecule has 0 radical (unpaired) electrons. The molecule has 0 bridgehead atoms. The summed E-state index contributed by atoms with van der Waals surface area (Å²) in [6.07, 6.45) is 1.55. The molecule has 0 saturated heterocycles. The van der Waals surface area contributed by atoms with Crippen LogP contribution in [0.4, 0.5) is 17.3 Å². The number of nitrogens with zero attached hydrogens (tertiary/aromatic N) is 2. The van der Waals surface area contributed by atoms with Crippen LogP contribution in [0.1, 0.15) is 11.1 Å². The Hall–Kier alpha value is -2.60. The van der Waals surface area contributed by atoms with Gasteiger partial charge in [-0.15, -0.1) is 0 Å². The summed E-state index contributed by atoms with van der Waals surface area (Å²) in [6.45, 7) is 2.73. The average Bonchev–Trinajstić information content (AvgIpc) is 2.63. The van der Waals surface area contributed by atoms with E-state index in [-0.39, 0.29) is 0 Å². The molecule has 5 nitrogen and oxygen atoms in total. The van der Waals surface area contributed by atoms with E-state index >= 15 is 0 Å². The Morgan fingerprint density at radius 1 is 1.00 bits per heavy atom. The third-order valence-electron chi connectivity index (χ3n) is 3.75. The number of rotatable bonds is 6. The molecule has 0 aliphatic carbocycles. The minimum absolute atomic E-state index is 0.678. The van der Waals surface area contributed by atoms with Gasteiger partial charge in [-0.2, -0.15) is 0 Å². The van der Waals surface area contributed by atoms with Crippen molar-refractivity contribution < 1.29 is 4.74 Å². The van der Waals surface area contributed by atoms with Crippen LogP contribution in [0.15, 0.2) is 59.3 Å². The van der Waals surface area contributed by atoms with Crippen molar-refractivity contribution in [1.82, 2.24) is 9.97 Å². The molecule has 1 aromatic heterocycles. The highest BCUT2D eigenvalue weighted by Gasteiger charge is 2.03. The van der Waals surface area contributed by atoms with Crippen LogP contribution in [-0.4, -0.2) is 17.1 Å². The minimum atomic E-state index is 0.678. The summed E-state index contributed by atoms with van der Waals surface area (Å²) in [4.78, 5) is 8.56. The van der Waals surface area contributed by atoms with Crippen molar-refractivity contribution in [3.63, 3.8) is 0 Å². The van der Waals surface area contributed by atoms with Crippen molar-refractivity contribution in [2.24, 2.45) is 0 Å². The van der Waals surface area contributed by atoms with Crippen LogP contribution < -0.4 is 15.4 Å². The number of hydrogen-bond donors (Lipinski definition) is 2. The molecule has 0 aliphatic rings. The summed E-state index contributed by atoms with van der Waals surface area (Å²) < 4.78 is 6.22. The van der Waals surface area contributed by atoms with E-state index in [9.17, 15) is 0 Å². The van der Waals surface area contributed by atoms with Gasteiger partial charge in [0, 0.05) is 22.8 Å². The molecule has 128 valence electrons. The highest BCUT2D eigenvalue weighted by molar-refractivity contribution is 9.10. The lowest BCUT2D eigenvalue weighted by molar-refractivity contribution is 0.414. The van der Waals surface area contributed by atoms with Crippen molar-refractivity contribution in [2.45, 2.75) is 13.5 Å². The van der Waals surface area contributed by atoms with Gasteiger partial charge in [0.25, 0.3) is 0 Å². The van der Waals surface area contributed by atoms with Crippen LogP contribution in [0.2, 0.25) is 0 Å². The summed E-state index contributed by atoms with van der Waals surface area (Å²) in [5.74, 6) is 2.36.